The van der Waals surface area contributed by atoms with Gasteiger partial charge in [0.25, 0.3) is 0 Å². The molecule has 1 spiro atoms. The van der Waals surface area contributed by atoms with E-state index in [1.807, 2.05) is 0 Å². The van der Waals surface area contributed by atoms with Crippen molar-refractivity contribution in [3.8, 4) is 0 Å². The summed E-state index contributed by atoms with van der Waals surface area (Å²) in [7, 11) is 0. The van der Waals surface area contributed by atoms with Crippen LogP contribution in [-0.4, -0.2) is 28.6 Å². The smallest absolute Gasteiger partial charge is 0.244 e. The van der Waals surface area contributed by atoms with E-state index < -0.39 is 0 Å². The van der Waals surface area contributed by atoms with E-state index in [0.29, 0.717) is 18.1 Å². The zero-order valence-corrected chi connectivity index (χ0v) is 11.0. The van der Waals surface area contributed by atoms with E-state index in [-0.39, 0.29) is 5.54 Å². The minimum absolute atomic E-state index is 0.165. The molecule has 3 nitrogen and oxygen atoms in total. The first-order valence-corrected chi connectivity index (χ1v) is 7.32. The molecule has 0 aromatic rings. The molecular formula is C14H24N2O. The van der Waals surface area contributed by atoms with Gasteiger partial charge in [0.15, 0.2) is 0 Å². The van der Waals surface area contributed by atoms with Crippen LogP contribution in [0.25, 0.3) is 0 Å². The second-order valence-corrected chi connectivity index (χ2v) is 6.04. The molecular weight excluding hydrogens is 212 g/mol. The van der Waals surface area contributed by atoms with Gasteiger partial charge in [-0.05, 0) is 31.6 Å². The summed E-state index contributed by atoms with van der Waals surface area (Å²) >= 11 is 0. The summed E-state index contributed by atoms with van der Waals surface area (Å²) in [5.41, 5.74) is -0.165. The summed E-state index contributed by atoms with van der Waals surface area (Å²) in [6.45, 7) is 4.43. The van der Waals surface area contributed by atoms with Crippen LogP contribution in [0.5, 0.6) is 0 Å². The van der Waals surface area contributed by atoms with E-state index in [9.17, 15) is 4.79 Å². The molecule has 3 aliphatic rings. The van der Waals surface area contributed by atoms with Crippen LogP contribution in [0.3, 0.4) is 0 Å². The molecule has 17 heavy (non-hydrogen) atoms. The Balaban J connectivity index is 1.80. The first-order chi connectivity index (χ1) is 8.22. The molecule has 1 saturated heterocycles. The van der Waals surface area contributed by atoms with Gasteiger partial charge in [0.2, 0.25) is 5.91 Å². The van der Waals surface area contributed by atoms with Crippen molar-refractivity contribution in [2.45, 2.75) is 76.5 Å². The molecule has 0 aromatic carbocycles. The average Bonchev–Trinajstić information content (AvgIpc) is 2.86. The number of rotatable bonds is 3. The largest absolute Gasteiger partial charge is 0.322 e. The van der Waals surface area contributed by atoms with Gasteiger partial charge in [-0.25, -0.2) is 0 Å². The van der Waals surface area contributed by atoms with Crippen molar-refractivity contribution in [3.63, 3.8) is 0 Å². The highest BCUT2D eigenvalue weighted by Crippen LogP contribution is 2.45. The Morgan fingerprint density at radius 3 is 2.53 bits per heavy atom. The zero-order valence-electron chi connectivity index (χ0n) is 11.0. The summed E-state index contributed by atoms with van der Waals surface area (Å²) in [6, 6.07) is 0.546. The molecule has 0 bridgehead atoms. The van der Waals surface area contributed by atoms with Gasteiger partial charge in [-0.2, -0.15) is 0 Å². The van der Waals surface area contributed by atoms with Gasteiger partial charge in [0.1, 0.15) is 0 Å². The van der Waals surface area contributed by atoms with Crippen LogP contribution in [-0.2, 0) is 4.79 Å². The Labute approximate surface area is 104 Å². The van der Waals surface area contributed by atoms with Gasteiger partial charge in [-0.1, -0.05) is 33.1 Å². The van der Waals surface area contributed by atoms with Crippen LogP contribution in [0.4, 0.5) is 0 Å². The number of carbonyl (C=O) groups excluding carboxylic acids is 1. The third-order valence-electron chi connectivity index (χ3n) is 5.03. The van der Waals surface area contributed by atoms with Crippen LogP contribution in [0.2, 0.25) is 0 Å². The Kier molecular flexibility index (Phi) is 2.69. The molecule has 2 aliphatic carbocycles. The number of hydrogen-bond acceptors (Lipinski definition) is 2. The van der Waals surface area contributed by atoms with Crippen molar-refractivity contribution < 1.29 is 4.79 Å². The van der Waals surface area contributed by atoms with Gasteiger partial charge in [0, 0.05) is 6.04 Å². The minimum Gasteiger partial charge on any atom is -0.322 e. The third kappa shape index (κ3) is 1.62. The molecule has 3 unspecified atom stereocenters. The number of amides is 1. The summed E-state index contributed by atoms with van der Waals surface area (Å²) in [6.07, 6.45) is 8.34. The van der Waals surface area contributed by atoms with Crippen molar-refractivity contribution in [3.05, 3.63) is 0 Å². The van der Waals surface area contributed by atoms with E-state index in [2.05, 4.69) is 24.1 Å². The fourth-order valence-corrected chi connectivity index (χ4v) is 3.87. The Bertz CT molecular complexity index is 322. The normalized spacial score (nSPS) is 39.3. The number of carbonyl (C=O) groups is 1. The maximum absolute atomic E-state index is 12.7. The predicted molar refractivity (Wildman–Crippen MR) is 67.4 cm³/mol. The Morgan fingerprint density at radius 1 is 1.29 bits per heavy atom. The zero-order chi connectivity index (χ0) is 12.0. The molecule has 0 radical (unpaired) electrons. The highest BCUT2D eigenvalue weighted by Gasteiger charge is 2.57. The van der Waals surface area contributed by atoms with Crippen LogP contribution >= 0.6 is 0 Å². The Hall–Kier alpha value is -0.570. The fourth-order valence-electron chi connectivity index (χ4n) is 3.87. The van der Waals surface area contributed by atoms with Crippen LogP contribution in [0, 0.1) is 5.92 Å². The molecule has 0 aromatic heterocycles. The maximum Gasteiger partial charge on any atom is 0.244 e. The fraction of sp³-hybridized carbons (Fsp3) is 0.929. The topological polar surface area (TPSA) is 32.3 Å². The summed E-state index contributed by atoms with van der Waals surface area (Å²) in [5.74, 6) is 1.19. The highest BCUT2D eigenvalue weighted by atomic mass is 16.2. The van der Waals surface area contributed by atoms with Crippen LogP contribution in [0.1, 0.15) is 58.8 Å². The second-order valence-electron chi connectivity index (χ2n) is 6.04. The summed E-state index contributed by atoms with van der Waals surface area (Å²) in [4.78, 5) is 14.9. The molecule has 3 rings (SSSR count). The minimum atomic E-state index is -0.165. The monoisotopic (exact) mass is 236 g/mol. The van der Waals surface area contributed by atoms with Crippen molar-refractivity contribution in [2.75, 3.05) is 0 Å². The van der Waals surface area contributed by atoms with Gasteiger partial charge in [0.05, 0.1) is 11.7 Å². The van der Waals surface area contributed by atoms with Gasteiger partial charge < -0.3 is 4.90 Å². The molecule has 96 valence electrons. The van der Waals surface area contributed by atoms with Gasteiger partial charge in [-0.3, -0.25) is 10.1 Å². The van der Waals surface area contributed by atoms with E-state index in [1.54, 1.807) is 0 Å². The van der Waals surface area contributed by atoms with Gasteiger partial charge in [-0.15, -0.1) is 0 Å². The van der Waals surface area contributed by atoms with Gasteiger partial charge >= 0.3 is 0 Å². The molecule has 1 amide bonds. The van der Waals surface area contributed by atoms with E-state index in [1.165, 1.54) is 25.7 Å². The Morgan fingerprint density at radius 2 is 2.00 bits per heavy atom. The highest BCUT2D eigenvalue weighted by molar-refractivity contribution is 5.89. The quantitative estimate of drug-likeness (QED) is 0.815. The molecule has 3 atom stereocenters. The van der Waals surface area contributed by atoms with E-state index >= 15 is 0 Å². The molecule has 2 saturated carbocycles. The molecule has 1 aliphatic heterocycles. The van der Waals surface area contributed by atoms with Crippen LogP contribution in [0.15, 0.2) is 0 Å². The van der Waals surface area contributed by atoms with Crippen molar-refractivity contribution in [2.24, 2.45) is 5.92 Å². The summed E-state index contributed by atoms with van der Waals surface area (Å²) in [5, 5.41) is 3.66. The first kappa shape index (κ1) is 11.5. The number of nitrogens with zero attached hydrogens (tertiary/aromatic N) is 1. The lowest BCUT2D eigenvalue weighted by molar-refractivity contribution is -0.133. The van der Waals surface area contributed by atoms with E-state index in [4.69, 9.17) is 0 Å². The number of hydrogen-bond donors (Lipinski definition) is 1. The predicted octanol–water partition coefficient (Wildman–Crippen LogP) is 2.27. The lowest BCUT2D eigenvalue weighted by Gasteiger charge is -2.23. The first-order valence-electron chi connectivity index (χ1n) is 7.32. The molecule has 3 fully saturated rings. The van der Waals surface area contributed by atoms with Crippen molar-refractivity contribution in [1.82, 2.24) is 10.2 Å². The SMILES string of the molecule is CCC1CC1N1C(=O)C2(CCCC2)NC1CC. The third-order valence-corrected chi connectivity index (χ3v) is 5.03. The number of nitrogens with one attached hydrogen (secondary N) is 1. The molecule has 1 heterocycles. The maximum atomic E-state index is 12.7. The lowest BCUT2D eigenvalue weighted by Crippen LogP contribution is -2.44. The molecule has 1 N–H and O–H groups in total. The summed E-state index contributed by atoms with van der Waals surface area (Å²) < 4.78 is 0. The van der Waals surface area contributed by atoms with Crippen molar-refractivity contribution >= 4 is 5.91 Å². The van der Waals surface area contributed by atoms with Crippen molar-refractivity contribution in [1.29, 1.82) is 0 Å². The average molecular weight is 236 g/mol. The van der Waals surface area contributed by atoms with E-state index in [0.717, 1.165) is 25.2 Å². The van der Waals surface area contributed by atoms with Crippen LogP contribution < -0.4 is 5.32 Å². The second kappa shape index (κ2) is 3.98. The lowest BCUT2D eigenvalue weighted by atomic mass is 9.98. The standard InChI is InChI=1S/C14H24N2O/c1-3-10-9-11(10)16-12(4-2)15-14(13(16)17)7-5-6-8-14/h10-12,15H,3-9H2,1-2H3. The molecule has 3 heteroatoms.